The van der Waals surface area contributed by atoms with Crippen molar-refractivity contribution in [1.82, 2.24) is 0 Å². The Balaban J connectivity index is 0.717. The van der Waals surface area contributed by atoms with Crippen LogP contribution in [0.25, 0.3) is 105 Å². The van der Waals surface area contributed by atoms with Crippen molar-refractivity contribution in [3.8, 4) is 89.0 Å². The largest absolute Gasteiger partial charge is 0.310 e. The summed E-state index contributed by atoms with van der Waals surface area (Å²) in [5.41, 5.74) is 32.2. The van der Waals surface area contributed by atoms with Gasteiger partial charge in [0.15, 0.2) is 0 Å². The molecule has 0 saturated heterocycles. The Morgan fingerprint density at radius 2 is 0.626 bits per heavy atom. The topological polar surface area (TPSA) is 6.48 Å². The van der Waals surface area contributed by atoms with Gasteiger partial charge in [0.2, 0.25) is 0 Å². The van der Waals surface area contributed by atoms with Crippen molar-refractivity contribution in [2.75, 3.05) is 9.80 Å². The molecule has 0 bridgehead atoms. The van der Waals surface area contributed by atoms with Gasteiger partial charge in [0.1, 0.15) is 0 Å². The summed E-state index contributed by atoms with van der Waals surface area (Å²) in [4.78, 5) is 4.81. The molecule has 2 nitrogen and oxygen atoms in total. The Morgan fingerprint density at radius 1 is 0.253 bits per heavy atom. The molecule has 99 heavy (non-hydrogen) atoms. The summed E-state index contributed by atoms with van der Waals surface area (Å²) in [6.07, 6.45) is 8.09. The number of hydrogen-bond acceptors (Lipinski definition) is 2. The van der Waals surface area contributed by atoms with Crippen molar-refractivity contribution in [3.63, 3.8) is 0 Å². The Bertz CT molecular complexity index is 5400. The normalized spacial score (nSPS) is 13.5. The highest BCUT2D eigenvalue weighted by atomic mass is 15.1. The van der Waals surface area contributed by atoms with E-state index in [2.05, 4.69) is 406 Å². The highest BCUT2D eigenvalue weighted by Gasteiger charge is 2.35. The van der Waals surface area contributed by atoms with Gasteiger partial charge in [-0.2, -0.15) is 0 Å². The van der Waals surface area contributed by atoms with Gasteiger partial charge in [0.05, 0.1) is 0 Å². The van der Waals surface area contributed by atoms with Crippen LogP contribution in [0, 0.1) is 0 Å². The Morgan fingerprint density at radius 3 is 1.14 bits per heavy atom. The van der Waals surface area contributed by atoms with Gasteiger partial charge < -0.3 is 9.80 Å². The zero-order chi connectivity index (χ0) is 66.2. The second kappa shape index (κ2) is 26.0. The molecule has 2 aliphatic rings. The number of nitrogens with zero attached hydrogens (tertiary/aromatic N) is 2. The molecule has 17 rings (SSSR count). The van der Waals surface area contributed by atoms with E-state index in [-0.39, 0.29) is 11.3 Å². The molecule has 0 N–H and O–H groups in total. The number of rotatable bonds is 15. The van der Waals surface area contributed by atoms with Crippen LogP contribution in [0.2, 0.25) is 0 Å². The van der Waals surface area contributed by atoms with Crippen LogP contribution in [0.15, 0.2) is 382 Å². The van der Waals surface area contributed by atoms with E-state index in [0.717, 1.165) is 46.1 Å². The molecule has 1 atom stereocenters. The van der Waals surface area contributed by atoms with E-state index in [1.54, 1.807) is 0 Å². The predicted octanol–water partition coefficient (Wildman–Crippen LogP) is 26.9. The molecule has 0 fully saturated rings. The second-order valence-corrected chi connectivity index (χ2v) is 26.7. The van der Waals surface area contributed by atoms with Crippen LogP contribution < -0.4 is 9.80 Å². The molecule has 0 spiro atoms. The van der Waals surface area contributed by atoms with Gasteiger partial charge in [-0.3, -0.25) is 0 Å². The van der Waals surface area contributed by atoms with Crippen LogP contribution in [-0.2, 0) is 5.41 Å². The minimum absolute atomic E-state index is 0.112. The lowest BCUT2D eigenvalue weighted by molar-refractivity contribution is 0.660. The first kappa shape index (κ1) is 60.3. The minimum atomic E-state index is -0.112. The van der Waals surface area contributed by atoms with E-state index in [1.165, 1.54) is 122 Å². The lowest BCUT2D eigenvalue weighted by Crippen LogP contribution is -2.14. The molecule has 15 aromatic carbocycles. The van der Waals surface area contributed by atoms with E-state index in [0.29, 0.717) is 0 Å². The summed E-state index contributed by atoms with van der Waals surface area (Å²) in [5, 5.41) is 2.50. The van der Waals surface area contributed by atoms with Gasteiger partial charge in [-0.15, -0.1) is 0 Å². The van der Waals surface area contributed by atoms with Gasteiger partial charge in [-0.1, -0.05) is 317 Å². The number of fused-ring (bicyclic) bond motifs is 4. The molecular formula is C97H72N2. The van der Waals surface area contributed by atoms with Crippen LogP contribution in [0.5, 0.6) is 0 Å². The zero-order valence-electron chi connectivity index (χ0n) is 55.6. The van der Waals surface area contributed by atoms with E-state index < -0.39 is 0 Å². The monoisotopic (exact) mass is 1260 g/mol. The summed E-state index contributed by atoms with van der Waals surface area (Å²) >= 11 is 0. The standard InChI is InChI=1S/C97H72N2/c1-97(2)95-40-19-18-35-91(95)92-60-49-78(64-96(92)97)86-61-58-83(65-93(86)74-29-14-6-15-30-74)98(79-50-41-70(42-51-79)67-23-8-3-9-24-67)82-56-47-73(48-57-82)76-33-20-34-77(63-76)85-36-21-38-88-87(85)37-22-39-89(88)90-62-59-84(66-94(90)75-31-16-7-17-32-75)99(80-52-43-71(44-53-80)68-25-10-4-11-26-68)81-54-45-72(46-55-81)69-27-12-5-13-28-69/h3-33,35-66,77H,34H2,1-2H3. The SMILES string of the molecule is CC1(C)c2ccccc2-c2ccc(-c3ccc(N(c4ccc(C5=CC(c6cccc7c(-c8ccc(N(c9ccc(-c%10ccccc%10)cc9)c9ccc(-c%10ccccc%10)cc9)cc8-c8ccccc8)cccc67)CC=C5)cc4)c4ccc(-c5ccccc5)cc4)cc3-c3ccccc3)cc21. The summed E-state index contributed by atoms with van der Waals surface area (Å²) in [7, 11) is 0. The van der Waals surface area contributed by atoms with Gasteiger partial charge in [0.25, 0.3) is 0 Å². The van der Waals surface area contributed by atoms with Crippen molar-refractivity contribution in [1.29, 1.82) is 0 Å². The molecule has 2 aliphatic carbocycles. The zero-order valence-corrected chi connectivity index (χ0v) is 55.6. The van der Waals surface area contributed by atoms with Crippen molar-refractivity contribution < 1.29 is 0 Å². The summed E-state index contributed by atoms with van der Waals surface area (Å²) < 4.78 is 0. The van der Waals surface area contributed by atoms with Gasteiger partial charge in [-0.05, 0) is 213 Å². The highest BCUT2D eigenvalue weighted by molar-refractivity contribution is 6.03. The smallest absolute Gasteiger partial charge is 0.0468 e. The Hall–Kier alpha value is -12.4. The molecule has 470 valence electrons. The fraction of sp³-hybridized carbons (Fsp3) is 0.0515. The van der Waals surface area contributed by atoms with Gasteiger partial charge in [0, 0.05) is 45.5 Å². The number of allylic oxidation sites excluding steroid dienone is 4. The van der Waals surface area contributed by atoms with Crippen molar-refractivity contribution in [3.05, 3.63) is 404 Å². The third-order valence-electron chi connectivity index (χ3n) is 20.5. The first-order chi connectivity index (χ1) is 48.8. The fourth-order valence-electron chi connectivity index (χ4n) is 15.4. The predicted molar refractivity (Wildman–Crippen MR) is 420 cm³/mol. The van der Waals surface area contributed by atoms with Crippen LogP contribution in [0.4, 0.5) is 34.1 Å². The average Bonchev–Trinajstić information content (AvgIpc) is 1.61. The maximum atomic E-state index is 2.50. The third kappa shape index (κ3) is 11.6. The Kier molecular flexibility index (Phi) is 15.8. The van der Waals surface area contributed by atoms with Crippen LogP contribution in [0.3, 0.4) is 0 Å². The fourth-order valence-corrected chi connectivity index (χ4v) is 15.4. The number of anilines is 6. The van der Waals surface area contributed by atoms with Crippen molar-refractivity contribution >= 4 is 50.5 Å². The third-order valence-corrected chi connectivity index (χ3v) is 20.5. The van der Waals surface area contributed by atoms with Crippen LogP contribution >= 0.6 is 0 Å². The second-order valence-electron chi connectivity index (χ2n) is 26.7. The quantitative estimate of drug-likeness (QED) is 0.101. The summed E-state index contributed by atoms with van der Waals surface area (Å²) in [6, 6.07) is 134. The molecule has 0 heterocycles. The van der Waals surface area contributed by atoms with Crippen molar-refractivity contribution in [2.24, 2.45) is 0 Å². The molecule has 1 unspecified atom stereocenters. The minimum Gasteiger partial charge on any atom is -0.310 e. The molecule has 15 aromatic rings. The molecular weight excluding hydrogens is 1190 g/mol. The molecule has 0 amide bonds. The molecule has 0 aliphatic heterocycles. The maximum absolute atomic E-state index is 2.50. The number of hydrogen-bond donors (Lipinski definition) is 0. The average molecular weight is 1270 g/mol. The first-order valence-electron chi connectivity index (χ1n) is 34.6. The van der Waals surface area contributed by atoms with E-state index in [1.807, 2.05) is 0 Å². The lowest BCUT2D eigenvalue weighted by atomic mass is 9.81. The van der Waals surface area contributed by atoms with Crippen LogP contribution in [0.1, 0.15) is 48.4 Å². The van der Waals surface area contributed by atoms with E-state index >= 15 is 0 Å². The Labute approximate surface area is 581 Å². The molecule has 0 aromatic heterocycles. The lowest BCUT2D eigenvalue weighted by Gasteiger charge is -2.28. The maximum Gasteiger partial charge on any atom is 0.0468 e. The van der Waals surface area contributed by atoms with Gasteiger partial charge >= 0.3 is 0 Å². The van der Waals surface area contributed by atoms with Crippen LogP contribution in [-0.4, -0.2) is 0 Å². The molecule has 0 saturated carbocycles. The summed E-state index contributed by atoms with van der Waals surface area (Å²) in [5.74, 6) is 0.163. The van der Waals surface area contributed by atoms with Crippen molar-refractivity contribution in [2.45, 2.75) is 31.6 Å². The van der Waals surface area contributed by atoms with Gasteiger partial charge in [-0.25, -0.2) is 0 Å². The van der Waals surface area contributed by atoms with E-state index in [9.17, 15) is 0 Å². The highest BCUT2D eigenvalue weighted by Crippen LogP contribution is 2.52. The number of benzene rings is 15. The first-order valence-corrected chi connectivity index (χ1v) is 34.6. The molecule has 2 heteroatoms. The molecule has 0 radical (unpaired) electrons. The van der Waals surface area contributed by atoms with E-state index in [4.69, 9.17) is 0 Å². The summed E-state index contributed by atoms with van der Waals surface area (Å²) in [6.45, 7) is 4.73.